The largest absolute Gasteiger partial charge is 0.385 e. The van der Waals surface area contributed by atoms with Gasteiger partial charge in [0.05, 0.1) is 5.56 Å². The molecule has 9 nitrogen and oxygen atoms in total. The van der Waals surface area contributed by atoms with Crippen LogP contribution in [0.5, 0.6) is 0 Å². The molecule has 136 valence electrons. The second-order valence-electron chi connectivity index (χ2n) is 6.08. The lowest BCUT2D eigenvalue weighted by Gasteiger charge is -2.11. The van der Waals surface area contributed by atoms with Gasteiger partial charge in [-0.1, -0.05) is 0 Å². The van der Waals surface area contributed by atoms with Gasteiger partial charge in [0, 0.05) is 36.6 Å². The maximum absolute atomic E-state index is 11.5. The second kappa shape index (κ2) is 7.68. The van der Waals surface area contributed by atoms with E-state index in [9.17, 15) is 9.59 Å². The van der Waals surface area contributed by atoms with Gasteiger partial charge < -0.3 is 27.4 Å². The van der Waals surface area contributed by atoms with Crippen molar-refractivity contribution in [1.29, 1.82) is 0 Å². The Hall–Kier alpha value is -3.36. The first-order valence-electron chi connectivity index (χ1n) is 8.34. The highest BCUT2D eigenvalue weighted by Crippen LogP contribution is 2.26. The molecule has 0 radical (unpaired) electrons. The highest BCUT2D eigenvalue weighted by atomic mass is 16.1. The zero-order valence-corrected chi connectivity index (χ0v) is 14.2. The Morgan fingerprint density at radius 1 is 1.12 bits per heavy atom. The maximum Gasteiger partial charge on any atom is 0.254 e. The third kappa shape index (κ3) is 4.82. The second-order valence-corrected chi connectivity index (χ2v) is 6.08. The SMILES string of the molecule is NC(=O)CCNc1ccc(Nc2ncc(C(N)=O)c(NC3CC3)n2)cc1. The van der Waals surface area contributed by atoms with E-state index >= 15 is 0 Å². The van der Waals surface area contributed by atoms with Crippen LogP contribution in [0, 0.1) is 0 Å². The molecule has 1 saturated carbocycles. The van der Waals surface area contributed by atoms with Gasteiger partial charge in [0.1, 0.15) is 5.82 Å². The van der Waals surface area contributed by atoms with E-state index in [2.05, 4.69) is 25.9 Å². The number of carbonyl (C=O) groups excluding carboxylic acids is 2. The van der Waals surface area contributed by atoms with Crippen molar-refractivity contribution in [1.82, 2.24) is 9.97 Å². The van der Waals surface area contributed by atoms with Gasteiger partial charge in [-0.2, -0.15) is 4.98 Å². The molecule has 3 rings (SSSR count). The first-order chi connectivity index (χ1) is 12.5. The summed E-state index contributed by atoms with van der Waals surface area (Å²) in [6, 6.07) is 7.77. The maximum atomic E-state index is 11.5. The van der Waals surface area contributed by atoms with Crippen LogP contribution in [0.2, 0.25) is 0 Å². The van der Waals surface area contributed by atoms with E-state index in [-0.39, 0.29) is 17.9 Å². The predicted octanol–water partition coefficient (Wildman–Crippen LogP) is 1.18. The lowest BCUT2D eigenvalue weighted by Crippen LogP contribution is -2.17. The number of hydrogen-bond donors (Lipinski definition) is 5. The Morgan fingerprint density at radius 3 is 2.42 bits per heavy atom. The molecule has 1 aromatic heterocycles. The van der Waals surface area contributed by atoms with E-state index in [4.69, 9.17) is 11.5 Å². The summed E-state index contributed by atoms with van der Waals surface area (Å²) >= 11 is 0. The minimum atomic E-state index is -0.564. The molecule has 9 heteroatoms. The van der Waals surface area contributed by atoms with Crippen molar-refractivity contribution >= 4 is 35.0 Å². The summed E-state index contributed by atoms with van der Waals surface area (Å²) in [5.74, 6) is -0.0936. The third-order valence-electron chi connectivity index (χ3n) is 3.81. The van der Waals surface area contributed by atoms with E-state index in [1.54, 1.807) is 0 Å². The standard InChI is InChI=1S/C17H21N7O2/c18-14(25)7-8-20-10-1-3-12(4-2-10)23-17-21-9-13(15(19)26)16(24-17)22-11-5-6-11/h1-4,9,11,20H,5-8H2,(H2,18,25)(H2,19,26)(H2,21,22,23,24). The number of hydrogen-bond acceptors (Lipinski definition) is 7. The van der Waals surface area contributed by atoms with Crippen LogP contribution in [0.25, 0.3) is 0 Å². The van der Waals surface area contributed by atoms with E-state index in [0.29, 0.717) is 24.4 Å². The molecule has 2 amide bonds. The fourth-order valence-electron chi connectivity index (χ4n) is 2.28. The van der Waals surface area contributed by atoms with Crippen molar-refractivity contribution in [2.24, 2.45) is 11.5 Å². The fourth-order valence-corrected chi connectivity index (χ4v) is 2.28. The van der Waals surface area contributed by atoms with Crippen LogP contribution < -0.4 is 27.4 Å². The van der Waals surface area contributed by atoms with Gasteiger partial charge >= 0.3 is 0 Å². The van der Waals surface area contributed by atoms with Crippen LogP contribution in [0.1, 0.15) is 29.6 Å². The van der Waals surface area contributed by atoms with Crippen molar-refractivity contribution < 1.29 is 9.59 Å². The molecular formula is C17H21N7O2. The zero-order valence-electron chi connectivity index (χ0n) is 14.2. The Kier molecular flexibility index (Phi) is 5.16. The number of aromatic nitrogens is 2. The van der Waals surface area contributed by atoms with Crippen molar-refractivity contribution in [3.63, 3.8) is 0 Å². The molecular weight excluding hydrogens is 334 g/mol. The fraction of sp³-hybridized carbons (Fsp3) is 0.294. The number of rotatable bonds is 9. The summed E-state index contributed by atoms with van der Waals surface area (Å²) in [5, 5.41) is 9.39. The third-order valence-corrected chi connectivity index (χ3v) is 3.81. The topological polar surface area (TPSA) is 148 Å². The van der Waals surface area contributed by atoms with E-state index in [1.807, 2.05) is 24.3 Å². The quantitative estimate of drug-likeness (QED) is 0.453. The molecule has 1 heterocycles. The summed E-state index contributed by atoms with van der Waals surface area (Å²) in [7, 11) is 0. The average molecular weight is 355 g/mol. The molecule has 1 aromatic carbocycles. The highest BCUT2D eigenvalue weighted by Gasteiger charge is 2.24. The van der Waals surface area contributed by atoms with Gasteiger partial charge in [0.2, 0.25) is 11.9 Å². The smallest absolute Gasteiger partial charge is 0.254 e. The first kappa shape index (κ1) is 17.5. The monoisotopic (exact) mass is 355 g/mol. The Bertz CT molecular complexity index is 803. The molecule has 0 atom stereocenters. The van der Waals surface area contributed by atoms with E-state index in [1.165, 1.54) is 6.20 Å². The minimum absolute atomic E-state index is 0.274. The van der Waals surface area contributed by atoms with Crippen molar-refractivity contribution in [3.8, 4) is 0 Å². The number of amides is 2. The molecule has 0 spiro atoms. The lowest BCUT2D eigenvalue weighted by molar-refractivity contribution is -0.117. The van der Waals surface area contributed by atoms with Crippen molar-refractivity contribution in [2.45, 2.75) is 25.3 Å². The van der Waals surface area contributed by atoms with E-state index in [0.717, 1.165) is 24.2 Å². The number of primary amides is 2. The molecule has 2 aromatic rings. The summed E-state index contributed by atoms with van der Waals surface area (Å²) < 4.78 is 0. The minimum Gasteiger partial charge on any atom is -0.385 e. The van der Waals surface area contributed by atoms with Crippen molar-refractivity contribution in [2.75, 3.05) is 22.5 Å². The van der Waals surface area contributed by atoms with Crippen LogP contribution in [0.4, 0.5) is 23.1 Å². The summed E-state index contributed by atoms with van der Waals surface area (Å²) in [6.45, 7) is 0.482. The summed E-state index contributed by atoms with van der Waals surface area (Å²) in [6.07, 6.45) is 3.79. The first-order valence-corrected chi connectivity index (χ1v) is 8.34. The predicted molar refractivity (Wildman–Crippen MR) is 99.2 cm³/mol. The molecule has 26 heavy (non-hydrogen) atoms. The van der Waals surface area contributed by atoms with Crippen LogP contribution >= 0.6 is 0 Å². The van der Waals surface area contributed by atoms with Gasteiger partial charge in [0.25, 0.3) is 5.91 Å². The van der Waals surface area contributed by atoms with Gasteiger partial charge in [-0.05, 0) is 37.1 Å². The van der Waals surface area contributed by atoms with Gasteiger partial charge in [-0.3, -0.25) is 9.59 Å². The number of nitrogens with zero attached hydrogens (tertiary/aromatic N) is 2. The molecule has 0 bridgehead atoms. The molecule has 1 aliphatic rings. The van der Waals surface area contributed by atoms with Crippen LogP contribution in [-0.4, -0.2) is 34.4 Å². The molecule has 0 aliphatic heterocycles. The molecule has 0 saturated heterocycles. The van der Waals surface area contributed by atoms with Crippen molar-refractivity contribution in [3.05, 3.63) is 36.0 Å². The summed E-state index contributed by atoms with van der Waals surface area (Å²) in [4.78, 5) is 30.7. The Morgan fingerprint density at radius 2 is 1.81 bits per heavy atom. The molecule has 0 unspecified atom stereocenters. The number of carbonyl (C=O) groups is 2. The Labute approximate surface area is 150 Å². The number of nitrogens with one attached hydrogen (secondary N) is 3. The molecule has 1 fully saturated rings. The lowest BCUT2D eigenvalue weighted by atomic mass is 10.2. The summed E-state index contributed by atoms with van der Waals surface area (Å²) in [5.41, 5.74) is 12.4. The molecule has 1 aliphatic carbocycles. The van der Waals surface area contributed by atoms with Gasteiger partial charge in [0.15, 0.2) is 0 Å². The average Bonchev–Trinajstić information content (AvgIpc) is 3.40. The normalized spacial score (nSPS) is 13.1. The van der Waals surface area contributed by atoms with Gasteiger partial charge in [-0.25, -0.2) is 4.98 Å². The van der Waals surface area contributed by atoms with E-state index < -0.39 is 5.91 Å². The van der Waals surface area contributed by atoms with Crippen LogP contribution in [-0.2, 0) is 4.79 Å². The number of nitrogens with two attached hydrogens (primary N) is 2. The van der Waals surface area contributed by atoms with Gasteiger partial charge in [-0.15, -0.1) is 0 Å². The van der Waals surface area contributed by atoms with Crippen LogP contribution in [0.3, 0.4) is 0 Å². The molecule has 7 N–H and O–H groups in total. The van der Waals surface area contributed by atoms with Crippen LogP contribution in [0.15, 0.2) is 30.5 Å². The zero-order chi connectivity index (χ0) is 18.5. The number of anilines is 4. The Balaban J connectivity index is 1.66. The number of benzene rings is 1. The highest BCUT2D eigenvalue weighted by molar-refractivity contribution is 5.97.